The topological polar surface area (TPSA) is 57.8 Å². The number of hydrogen-bond donors (Lipinski definition) is 2. The fourth-order valence-corrected chi connectivity index (χ4v) is 3.16. The van der Waals surface area contributed by atoms with Gasteiger partial charge in [-0.3, -0.25) is 9.89 Å². The molecule has 3 aromatic carbocycles. The molecule has 2 N–H and O–H groups in total. The average molecular weight is 392 g/mol. The first-order valence-corrected chi connectivity index (χ1v) is 8.61. The molecule has 25 heavy (non-hydrogen) atoms. The third kappa shape index (κ3) is 3.06. The summed E-state index contributed by atoms with van der Waals surface area (Å²) in [5, 5.41) is 12.3. The first-order valence-electron chi connectivity index (χ1n) is 7.82. The van der Waals surface area contributed by atoms with Gasteiger partial charge in [-0.2, -0.15) is 5.10 Å². The fraction of sp³-hybridized carbons (Fsp3) is 0. The summed E-state index contributed by atoms with van der Waals surface area (Å²) in [5.74, 6) is -0.231. The molecule has 4 nitrogen and oxygen atoms in total. The van der Waals surface area contributed by atoms with E-state index < -0.39 is 0 Å². The summed E-state index contributed by atoms with van der Waals surface area (Å²) in [4.78, 5) is 12.5. The van der Waals surface area contributed by atoms with Crippen molar-refractivity contribution in [2.24, 2.45) is 0 Å². The number of carbonyl (C=O) groups is 1. The predicted octanol–water partition coefficient (Wildman–Crippen LogP) is 5.24. The van der Waals surface area contributed by atoms with Crippen LogP contribution in [0.4, 0.5) is 5.69 Å². The van der Waals surface area contributed by atoms with Gasteiger partial charge in [-0.25, -0.2) is 0 Å². The summed E-state index contributed by atoms with van der Waals surface area (Å²) in [6, 6.07) is 23.4. The Hall–Kier alpha value is -2.92. The molecule has 5 heteroatoms. The van der Waals surface area contributed by atoms with E-state index in [0.717, 1.165) is 26.5 Å². The van der Waals surface area contributed by atoms with Crippen LogP contribution in [0, 0.1) is 0 Å². The van der Waals surface area contributed by atoms with Gasteiger partial charge in [0.1, 0.15) is 5.69 Å². The van der Waals surface area contributed by atoms with E-state index in [1.807, 2.05) is 48.5 Å². The van der Waals surface area contributed by atoms with Crippen molar-refractivity contribution in [3.05, 3.63) is 83.0 Å². The van der Waals surface area contributed by atoms with Crippen molar-refractivity contribution in [3.63, 3.8) is 0 Å². The van der Waals surface area contributed by atoms with E-state index in [-0.39, 0.29) is 5.91 Å². The third-order valence-corrected chi connectivity index (χ3v) is 4.70. The highest BCUT2D eigenvalue weighted by atomic mass is 79.9. The van der Waals surface area contributed by atoms with E-state index in [9.17, 15) is 4.79 Å². The molecule has 122 valence electrons. The number of anilines is 1. The van der Waals surface area contributed by atoms with Gasteiger partial charge in [0.2, 0.25) is 0 Å². The number of aromatic nitrogens is 2. The van der Waals surface area contributed by atoms with Gasteiger partial charge in [0.25, 0.3) is 5.91 Å². The number of benzene rings is 3. The zero-order chi connectivity index (χ0) is 17.2. The monoisotopic (exact) mass is 391 g/mol. The maximum atomic E-state index is 12.5. The summed E-state index contributed by atoms with van der Waals surface area (Å²) in [7, 11) is 0. The lowest BCUT2D eigenvalue weighted by Gasteiger charge is -2.05. The Labute approximate surface area is 153 Å². The zero-order valence-corrected chi connectivity index (χ0v) is 14.7. The summed E-state index contributed by atoms with van der Waals surface area (Å²) in [5.41, 5.74) is 2.87. The van der Waals surface area contributed by atoms with E-state index in [2.05, 4.69) is 49.6 Å². The smallest absolute Gasteiger partial charge is 0.273 e. The largest absolute Gasteiger partial charge is 0.320 e. The van der Waals surface area contributed by atoms with Crippen LogP contribution < -0.4 is 5.32 Å². The second-order valence-corrected chi connectivity index (χ2v) is 6.48. The van der Waals surface area contributed by atoms with Crippen molar-refractivity contribution in [2.75, 3.05) is 5.32 Å². The van der Waals surface area contributed by atoms with Gasteiger partial charge < -0.3 is 5.32 Å². The van der Waals surface area contributed by atoms with Crippen molar-refractivity contribution >= 4 is 38.3 Å². The van der Waals surface area contributed by atoms with E-state index in [0.29, 0.717) is 11.4 Å². The first-order chi connectivity index (χ1) is 12.2. The van der Waals surface area contributed by atoms with Crippen molar-refractivity contribution in [1.29, 1.82) is 0 Å². The Kier molecular flexibility index (Phi) is 4.07. The molecule has 1 heterocycles. The van der Waals surface area contributed by atoms with Gasteiger partial charge >= 0.3 is 0 Å². The Bertz CT molecular complexity index is 1070. The summed E-state index contributed by atoms with van der Waals surface area (Å²) in [6.07, 6.45) is 0. The zero-order valence-electron chi connectivity index (χ0n) is 13.2. The van der Waals surface area contributed by atoms with Crippen LogP contribution in [0.1, 0.15) is 10.5 Å². The summed E-state index contributed by atoms with van der Waals surface area (Å²) < 4.78 is 0.831. The lowest BCUT2D eigenvalue weighted by molar-refractivity contribution is 0.102. The standard InChI is InChI=1S/C20H14BrN3O/c21-16-10-3-4-11-17(16)22-20(25)19-12-18(23-24-19)15-9-5-7-13-6-1-2-8-14(13)15/h1-12H,(H,22,25)(H,23,24). The van der Waals surface area contributed by atoms with Crippen LogP contribution in [0.15, 0.2) is 77.3 Å². The highest BCUT2D eigenvalue weighted by molar-refractivity contribution is 9.10. The van der Waals surface area contributed by atoms with Crippen molar-refractivity contribution in [3.8, 4) is 11.3 Å². The van der Waals surface area contributed by atoms with Crippen LogP contribution in [0.3, 0.4) is 0 Å². The maximum Gasteiger partial charge on any atom is 0.273 e. The summed E-state index contributed by atoms with van der Waals surface area (Å²) >= 11 is 3.43. The number of nitrogens with one attached hydrogen (secondary N) is 2. The molecule has 0 radical (unpaired) electrons. The van der Waals surface area contributed by atoms with Crippen LogP contribution >= 0.6 is 15.9 Å². The Morgan fingerprint density at radius 3 is 2.60 bits per heavy atom. The molecule has 0 aliphatic rings. The van der Waals surface area contributed by atoms with Gasteiger partial charge in [-0.1, -0.05) is 54.6 Å². The van der Waals surface area contributed by atoms with Crippen LogP contribution in [-0.2, 0) is 0 Å². The number of carbonyl (C=O) groups excluding carboxylic acids is 1. The van der Waals surface area contributed by atoms with Crippen LogP contribution in [-0.4, -0.2) is 16.1 Å². The Morgan fingerprint density at radius 1 is 0.960 bits per heavy atom. The highest BCUT2D eigenvalue weighted by Gasteiger charge is 2.13. The quantitative estimate of drug-likeness (QED) is 0.501. The highest BCUT2D eigenvalue weighted by Crippen LogP contribution is 2.28. The van der Waals surface area contributed by atoms with E-state index in [1.165, 1.54) is 0 Å². The minimum absolute atomic E-state index is 0.231. The number of aromatic amines is 1. The molecular weight excluding hydrogens is 378 g/mol. The molecule has 0 fully saturated rings. The second kappa shape index (κ2) is 6.53. The molecule has 0 spiro atoms. The van der Waals surface area contributed by atoms with Gasteiger partial charge in [-0.15, -0.1) is 0 Å². The van der Waals surface area contributed by atoms with Crippen molar-refractivity contribution < 1.29 is 4.79 Å². The van der Waals surface area contributed by atoms with Crippen LogP contribution in [0.5, 0.6) is 0 Å². The lowest BCUT2D eigenvalue weighted by atomic mass is 10.0. The Morgan fingerprint density at radius 2 is 1.72 bits per heavy atom. The second-order valence-electron chi connectivity index (χ2n) is 5.63. The summed E-state index contributed by atoms with van der Waals surface area (Å²) in [6.45, 7) is 0. The molecule has 0 aliphatic heterocycles. The number of amides is 1. The van der Waals surface area contributed by atoms with Gasteiger partial charge in [-0.05, 0) is 44.9 Å². The molecule has 4 aromatic rings. The van der Waals surface area contributed by atoms with E-state index in [4.69, 9.17) is 0 Å². The fourth-order valence-electron chi connectivity index (χ4n) is 2.78. The minimum Gasteiger partial charge on any atom is -0.320 e. The molecule has 1 amide bonds. The van der Waals surface area contributed by atoms with E-state index in [1.54, 1.807) is 6.07 Å². The molecule has 0 saturated heterocycles. The SMILES string of the molecule is O=C(Nc1ccccc1Br)c1cc(-c2cccc3ccccc23)n[nH]1. The number of H-pyrrole nitrogens is 1. The molecule has 1 aromatic heterocycles. The van der Waals surface area contributed by atoms with Crippen molar-refractivity contribution in [2.45, 2.75) is 0 Å². The molecular formula is C20H14BrN3O. The number of halogens is 1. The van der Waals surface area contributed by atoms with Gasteiger partial charge in [0.05, 0.1) is 11.4 Å². The normalized spacial score (nSPS) is 10.8. The average Bonchev–Trinajstić information content (AvgIpc) is 3.13. The van der Waals surface area contributed by atoms with Crippen molar-refractivity contribution in [1.82, 2.24) is 10.2 Å². The molecule has 0 aliphatic carbocycles. The molecule has 4 rings (SSSR count). The van der Waals surface area contributed by atoms with Gasteiger partial charge in [0, 0.05) is 10.0 Å². The third-order valence-electron chi connectivity index (χ3n) is 4.01. The molecule has 0 saturated carbocycles. The minimum atomic E-state index is -0.231. The molecule has 0 atom stereocenters. The lowest BCUT2D eigenvalue weighted by Crippen LogP contribution is -2.12. The van der Waals surface area contributed by atoms with Gasteiger partial charge in [0.15, 0.2) is 0 Å². The number of fused-ring (bicyclic) bond motifs is 1. The first kappa shape index (κ1) is 15.6. The molecule has 0 bridgehead atoms. The predicted molar refractivity (Wildman–Crippen MR) is 104 cm³/mol. The maximum absolute atomic E-state index is 12.5. The number of hydrogen-bond acceptors (Lipinski definition) is 2. The molecule has 0 unspecified atom stereocenters. The number of para-hydroxylation sites is 1. The van der Waals surface area contributed by atoms with E-state index >= 15 is 0 Å². The van der Waals surface area contributed by atoms with Crippen LogP contribution in [0.25, 0.3) is 22.0 Å². The van der Waals surface area contributed by atoms with Crippen LogP contribution in [0.2, 0.25) is 0 Å². The number of nitrogens with zero attached hydrogens (tertiary/aromatic N) is 1. The number of rotatable bonds is 3. The Balaban J connectivity index is 1.66.